The average molecular weight is 331 g/mol. The molecule has 1 N–H and O–H groups in total. The summed E-state index contributed by atoms with van der Waals surface area (Å²) in [6.45, 7) is 2.74. The van der Waals surface area contributed by atoms with Gasteiger partial charge in [0.2, 0.25) is 5.88 Å². The smallest absolute Gasteiger partial charge is 0.349 e. The van der Waals surface area contributed by atoms with E-state index >= 15 is 0 Å². The molecule has 3 aliphatic heterocycles. The summed E-state index contributed by atoms with van der Waals surface area (Å²) in [4.78, 5) is 22.9. The van der Waals surface area contributed by atoms with E-state index < -0.39 is 11.5 Å². The third kappa shape index (κ3) is 1.71. The maximum atomic E-state index is 14.4. The first kappa shape index (κ1) is 14.2. The van der Waals surface area contributed by atoms with Gasteiger partial charge >= 0.3 is 5.69 Å². The van der Waals surface area contributed by atoms with Crippen LogP contribution in [0.5, 0.6) is 5.88 Å². The Bertz CT molecular complexity index is 913. The normalized spacial score (nSPS) is 30.9. The summed E-state index contributed by atoms with van der Waals surface area (Å²) >= 11 is 0. The number of nitrogens with one attached hydrogen (secondary N) is 1. The molecular weight excluding hydrogens is 313 g/mol. The molecule has 0 saturated carbocycles. The average Bonchev–Trinajstić information content (AvgIpc) is 2.88. The Labute approximate surface area is 137 Å². The zero-order valence-electron chi connectivity index (χ0n) is 13.5. The highest BCUT2D eigenvalue weighted by molar-refractivity contribution is 5.95. The summed E-state index contributed by atoms with van der Waals surface area (Å²) in [6.07, 6.45) is 3.12. The van der Waals surface area contributed by atoms with Crippen molar-refractivity contribution in [3.05, 3.63) is 22.5 Å². The zero-order chi connectivity index (χ0) is 16.6. The Kier molecular flexibility index (Phi) is 2.75. The lowest BCUT2D eigenvalue weighted by molar-refractivity contribution is 0.154. The minimum Gasteiger partial charge on any atom is -0.472 e. The van der Waals surface area contributed by atoms with Gasteiger partial charge in [0, 0.05) is 25.7 Å². The number of aryl methyl sites for hydroxylation is 1. The summed E-state index contributed by atoms with van der Waals surface area (Å²) in [7, 11) is 1.52. The van der Waals surface area contributed by atoms with Crippen molar-refractivity contribution in [2.75, 3.05) is 11.4 Å². The highest BCUT2D eigenvalue weighted by Gasteiger charge is 2.46. The molecule has 126 valence electrons. The van der Waals surface area contributed by atoms with Crippen LogP contribution in [0.3, 0.4) is 0 Å². The second-order valence-electron chi connectivity index (χ2n) is 6.93. The quantitative estimate of drug-likeness (QED) is 0.760. The van der Waals surface area contributed by atoms with Crippen molar-refractivity contribution in [1.29, 1.82) is 0 Å². The number of pyridine rings is 1. The highest BCUT2D eigenvalue weighted by Crippen LogP contribution is 2.40. The van der Waals surface area contributed by atoms with E-state index in [-0.39, 0.29) is 23.7 Å². The number of piperazine rings is 1. The van der Waals surface area contributed by atoms with Gasteiger partial charge in [0.15, 0.2) is 5.82 Å². The van der Waals surface area contributed by atoms with Crippen LogP contribution in [0.1, 0.15) is 19.8 Å². The van der Waals surface area contributed by atoms with Crippen molar-refractivity contribution in [1.82, 2.24) is 19.9 Å². The topological polar surface area (TPSA) is 72.3 Å². The molecule has 0 aliphatic carbocycles. The first-order chi connectivity index (χ1) is 11.5. The molecule has 2 saturated heterocycles. The van der Waals surface area contributed by atoms with Crippen LogP contribution in [0.4, 0.5) is 10.2 Å². The van der Waals surface area contributed by atoms with E-state index in [1.165, 1.54) is 11.6 Å². The van der Waals surface area contributed by atoms with Gasteiger partial charge in [0.05, 0.1) is 17.8 Å². The van der Waals surface area contributed by atoms with Crippen LogP contribution in [0.2, 0.25) is 0 Å². The largest absolute Gasteiger partial charge is 0.472 e. The van der Waals surface area contributed by atoms with Crippen LogP contribution in [0, 0.1) is 5.82 Å². The van der Waals surface area contributed by atoms with Gasteiger partial charge < -0.3 is 15.0 Å². The fourth-order valence-electron chi connectivity index (χ4n) is 4.50. The van der Waals surface area contributed by atoms with Gasteiger partial charge in [-0.15, -0.1) is 0 Å². The Morgan fingerprint density at radius 3 is 3.08 bits per heavy atom. The van der Waals surface area contributed by atoms with Crippen molar-refractivity contribution < 1.29 is 9.13 Å². The predicted molar refractivity (Wildman–Crippen MR) is 85.9 cm³/mol. The molecule has 2 aromatic heterocycles. The lowest BCUT2D eigenvalue weighted by atomic mass is 9.99. The fraction of sp³-hybridized carbons (Fsp3) is 0.562. The van der Waals surface area contributed by atoms with Crippen LogP contribution in [0.15, 0.2) is 11.0 Å². The van der Waals surface area contributed by atoms with Gasteiger partial charge in [-0.3, -0.25) is 4.57 Å². The van der Waals surface area contributed by atoms with Gasteiger partial charge in [-0.1, -0.05) is 0 Å². The van der Waals surface area contributed by atoms with Crippen LogP contribution in [-0.2, 0) is 7.05 Å². The van der Waals surface area contributed by atoms with E-state index in [1.54, 1.807) is 0 Å². The van der Waals surface area contributed by atoms with Gasteiger partial charge in [-0.05, 0) is 19.8 Å². The van der Waals surface area contributed by atoms with Crippen molar-refractivity contribution >= 4 is 16.7 Å². The number of anilines is 1. The molecule has 8 heteroatoms. The molecule has 0 spiro atoms. The second kappa shape index (κ2) is 4.66. The molecule has 5 rings (SSSR count). The lowest BCUT2D eigenvalue weighted by Crippen LogP contribution is -2.62. The lowest BCUT2D eigenvalue weighted by Gasteiger charge is -2.42. The Balaban J connectivity index is 1.85. The number of hydrogen-bond donors (Lipinski definition) is 1. The SMILES string of the molecule is CC1Oc2ncc(F)c3c2c(nc(=O)n3C)N2CC3CCC(N3)C12. The summed E-state index contributed by atoms with van der Waals surface area (Å²) in [6, 6.07) is 0.685. The Morgan fingerprint density at radius 1 is 1.42 bits per heavy atom. The number of ether oxygens (including phenoxy) is 1. The molecule has 0 radical (unpaired) electrons. The van der Waals surface area contributed by atoms with Crippen LogP contribution < -0.4 is 20.6 Å². The Morgan fingerprint density at radius 2 is 2.25 bits per heavy atom. The zero-order valence-corrected chi connectivity index (χ0v) is 13.5. The number of rotatable bonds is 0. The molecular formula is C16H18FN5O2. The highest BCUT2D eigenvalue weighted by atomic mass is 19.1. The molecule has 2 aromatic rings. The molecule has 0 amide bonds. The fourth-order valence-corrected chi connectivity index (χ4v) is 4.50. The maximum absolute atomic E-state index is 14.4. The molecule has 0 aromatic carbocycles. The van der Waals surface area contributed by atoms with E-state index in [2.05, 4.69) is 20.2 Å². The molecule has 3 aliphatic rings. The van der Waals surface area contributed by atoms with Crippen LogP contribution >= 0.6 is 0 Å². The van der Waals surface area contributed by atoms with Crippen molar-refractivity contribution in [3.8, 4) is 5.88 Å². The summed E-state index contributed by atoms with van der Waals surface area (Å²) in [5.74, 6) is 0.315. The summed E-state index contributed by atoms with van der Waals surface area (Å²) in [5.41, 5.74) is -0.263. The van der Waals surface area contributed by atoms with Crippen molar-refractivity contribution in [2.24, 2.45) is 7.05 Å². The summed E-state index contributed by atoms with van der Waals surface area (Å²) < 4.78 is 21.7. The van der Waals surface area contributed by atoms with Gasteiger partial charge in [-0.25, -0.2) is 14.2 Å². The van der Waals surface area contributed by atoms with E-state index in [0.29, 0.717) is 23.1 Å². The van der Waals surface area contributed by atoms with Gasteiger partial charge in [0.1, 0.15) is 17.3 Å². The molecule has 5 heterocycles. The Hall–Kier alpha value is -2.22. The number of hydrogen-bond acceptors (Lipinski definition) is 6. The minimum atomic E-state index is -0.537. The number of halogens is 1. The maximum Gasteiger partial charge on any atom is 0.349 e. The molecule has 4 atom stereocenters. The minimum absolute atomic E-state index is 0.0452. The van der Waals surface area contributed by atoms with Crippen LogP contribution in [-0.4, -0.2) is 45.3 Å². The van der Waals surface area contributed by atoms with E-state index in [4.69, 9.17) is 4.74 Å². The van der Waals surface area contributed by atoms with Crippen LogP contribution in [0.25, 0.3) is 10.9 Å². The number of nitrogens with zero attached hydrogens (tertiary/aromatic N) is 4. The van der Waals surface area contributed by atoms with E-state index in [1.807, 2.05) is 6.92 Å². The molecule has 2 fully saturated rings. The first-order valence-corrected chi connectivity index (χ1v) is 8.29. The van der Waals surface area contributed by atoms with Crippen molar-refractivity contribution in [2.45, 2.75) is 44.0 Å². The van der Waals surface area contributed by atoms with Gasteiger partial charge in [0.25, 0.3) is 0 Å². The van der Waals surface area contributed by atoms with Gasteiger partial charge in [-0.2, -0.15) is 4.98 Å². The number of fused-ring (bicyclic) bond motifs is 5. The van der Waals surface area contributed by atoms with Crippen molar-refractivity contribution in [3.63, 3.8) is 0 Å². The standard InChI is InChI=1S/C16H18FN5O2/c1-7-12-10-4-3-8(19-10)6-22(12)14-11-13(21(2)16(23)20-14)9(17)5-18-15(11)24-7/h5,7-8,10,12,19H,3-4,6H2,1-2H3. The predicted octanol–water partition coefficient (Wildman–Crippen LogP) is 0.558. The van der Waals surface area contributed by atoms with E-state index in [0.717, 1.165) is 25.6 Å². The third-order valence-corrected chi connectivity index (χ3v) is 5.54. The third-order valence-electron chi connectivity index (χ3n) is 5.54. The van der Waals surface area contributed by atoms with E-state index in [9.17, 15) is 9.18 Å². The molecule has 2 bridgehead atoms. The summed E-state index contributed by atoms with van der Waals surface area (Å²) in [5, 5.41) is 4.11. The molecule has 24 heavy (non-hydrogen) atoms. The molecule has 4 unspecified atom stereocenters. The monoisotopic (exact) mass is 331 g/mol. The second-order valence-corrected chi connectivity index (χ2v) is 6.93. The first-order valence-electron chi connectivity index (χ1n) is 8.29. The molecule has 7 nitrogen and oxygen atoms in total. The number of aromatic nitrogens is 3.